The van der Waals surface area contributed by atoms with Crippen LogP contribution in [0, 0.1) is 11.3 Å². The number of ether oxygens (including phenoxy) is 5. The molecule has 16 heteroatoms. The van der Waals surface area contributed by atoms with Crippen molar-refractivity contribution in [3.63, 3.8) is 0 Å². The Balaban J connectivity index is 1.06. The number of fused-ring (bicyclic) bond motifs is 3. The van der Waals surface area contributed by atoms with Gasteiger partial charge in [0, 0.05) is 22.3 Å². The van der Waals surface area contributed by atoms with E-state index in [1.165, 1.54) is 22.8 Å². The molecule has 4 aliphatic rings. The number of aliphatic hydroxyl groups is 1. The molecule has 8 atom stereocenters. The molecule has 2 N–H and O–H groups in total. The van der Waals surface area contributed by atoms with Crippen LogP contribution in [0.15, 0.2) is 83.1 Å². The van der Waals surface area contributed by atoms with Gasteiger partial charge in [-0.25, -0.2) is 9.97 Å². The zero-order chi connectivity index (χ0) is 34.8. The fourth-order valence-electron chi connectivity index (χ4n) is 7.37. The van der Waals surface area contributed by atoms with Crippen molar-refractivity contribution in [2.24, 2.45) is 5.92 Å². The lowest BCUT2D eigenvalue weighted by Crippen LogP contribution is -2.34. The Morgan fingerprint density at radius 1 is 0.860 bits per heavy atom. The smallest absolute Gasteiger partial charge is 0.322 e. The topological polar surface area (TPSA) is 152 Å². The summed E-state index contributed by atoms with van der Waals surface area (Å²) in [5.74, 6) is -5.19. The van der Waals surface area contributed by atoms with Crippen LogP contribution in [0.1, 0.15) is 46.4 Å². The Morgan fingerprint density at radius 3 is 2.08 bits per heavy atom. The predicted molar refractivity (Wildman–Crippen MR) is 185 cm³/mol. The molecule has 0 radical (unpaired) electrons. The van der Waals surface area contributed by atoms with Gasteiger partial charge >= 0.3 is 5.77 Å². The largest absolute Gasteiger partial charge is 0.396 e. The Bertz CT molecular complexity index is 1920. The molecular formula is C34H40N5O8PS2. The molecular weight excluding hydrogens is 702 g/mol. The molecule has 0 spiro atoms. The molecule has 4 aromatic rings. The van der Waals surface area contributed by atoms with Crippen LogP contribution in [0.2, 0.25) is 0 Å². The standard InChI is InChI=1S/C34H40N5O8PS2/c1-33(2)44-26-20(16-40)15-23(27(26)45-33)38-19-37-31-25(30(38)35)36-18-39(31)32-29-28(46-34(3,4)47-29)24(43-32)17-42-48(41,49-21-11-7-5-8-12-21)50-22-13-9-6-10-14-22/h5-14,18-20,23-24,26-29,32,35,40H,15-17H2,1-4H3/t20-,23-,24-,26-,27+,28-,29-,32-/m1/s1. The van der Waals surface area contributed by atoms with E-state index in [0.717, 1.165) is 9.79 Å². The van der Waals surface area contributed by atoms with E-state index in [1.807, 2.05) is 88.4 Å². The van der Waals surface area contributed by atoms with Crippen molar-refractivity contribution < 1.29 is 37.9 Å². The van der Waals surface area contributed by atoms with Gasteiger partial charge in [-0.2, -0.15) is 0 Å². The number of benzene rings is 2. The molecule has 5 heterocycles. The summed E-state index contributed by atoms with van der Waals surface area (Å²) < 4.78 is 55.9. The predicted octanol–water partition coefficient (Wildman–Crippen LogP) is 5.91. The Kier molecular flexibility index (Phi) is 9.07. The van der Waals surface area contributed by atoms with Crippen LogP contribution in [0.25, 0.3) is 11.2 Å². The van der Waals surface area contributed by atoms with Gasteiger partial charge in [-0.3, -0.25) is 14.5 Å². The minimum atomic E-state index is -3.39. The summed E-state index contributed by atoms with van der Waals surface area (Å²) in [7, 11) is 0. The van der Waals surface area contributed by atoms with Crippen molar-refractivity contribution in [1.82, 2.24) is 19.1 Å². The van der Waals surface area contributed by atoms with Crippen LogP contribution < -0.4 is 5.49 Å². The first-order chi connectivity index (χ1) is 23.9. The minimum absolute atomic E-state index is 0.00746. The Morgan fingerprint density at radius 2 is 1.44 bits per heavy atom. The first-order valence-corrected chi connectivity index (χ1v) is 21.1. The summed E-state index contributed by atoms with van der Waals surface area (Å²) in [6.07, 6.45) is 0.803. The van der Waals surface area contributed by atoms with Crippen molar-refractivity contribution in [3.05, 3.63) is 78.8 Å². The third-order valence-corrected chi connectivity index (χ3v) is 15.9. The van der Waals surface area contributed by atoms with Gasteiger partial charge in [0.1, 0.15) is 29.9 Å². The molecule has 50 heavy (non-hydrogen) atoms. The van der Waals surface area contributed by atoms with Crippen molar-refractivity contribution in [3.8, 4) is 0 Å². The molecule has 3 aliphatic heterocycles. The fraction of sp³-hybridized carbons (Fsp3) is 0.500. The highest BCUT2D eigenvalue weighted by Crippen LogP contribution is 2.74. The molecule has 8 rings (SSSR count). The van der Waals surface area contributed by atoms with E-state index in [1.54, 1.807) is 21.8 Å². The van der Waals surface area contributed by atoms with E-state index in [2.05, 4.69) is 4.98 Å². The van der Waals surface area contributed by atoms with E-state index in [0.29, 0.717) is 17.6 Å². The molecule has 2 aromatic carbocycles. The first-order valence-electron chi connectivity index (χ1n) is 16.6. The minimum Gasteiger partial charge on any atom is -0.396 e. The summed E-state index contributed by atoms with van der Waals surface area (Å²) >= 11 is 2.41. The zero-order valence-electron chi connectivity index (χ0n) is 28.0. The van der Waals surface area contributed by atoms with Gasteiger partial charge in [-0.05, 0) is 81.1 Å². The van der Waals surface area contributed by atoms with Gasteiger partial charge in [0.15, 0.2) is 28.9 Å². The molecule has 1 saturated carbocycles. The van der Waals surface area contributed by atoms with E-state index < -0.39 is 41.9 Å². The van der Waals surface area contributed by atoms with Crippen molar-refractivity contribution in [2.45, 2.75) is 98.3 Å². The lowest BCUT2D eigenvalue weighted by atomic mass is 10.1. The van der Waals surface area contributed by atoms with Crippen LogP contribution >= 0.6 is 28.5 Å². The van der Waals surface area contributed by atoms with Crippen LogP contribution in [0.4, 0.5) is 0 Å². The average molecular weight is 742 g/mol. The van der Waals surface area contributed by atoms with Crippen molar-refractivity contribution in [1.29, 1.82) is 5.41 Å². The maximum Gasteiger partial charge on any atom is 0.322 e. The Labute approximate surface area is 297 Å². The second-order valence-corrected chi connectivity index (χ2v) is 21.0. The third kappa shape index (κ3) is 6.51. The van der Waals surface area contributed by atoms with Crippen LogP contribution in [-0.4, -0.2) is 79.5 Å². The highest BCUT2D eigenvalue weighted by molar-refractivity contribution is 8.89. The monoisotopic (exact) mass is 741 g/mol. The first kappa shape index (κ1) is 34.5. The Hall–Kier alpha value is -2.56. The van der Waals surface area contributed by atoms with Gasteiger partial charge in [0.2, 0.25) is 0 Å². The maximum atomic E-state index is 14.4. The highest BCUT2D eigenvalue weighted by Gasteiger charge is 2.57. The van der Waals surface area contributed by atoms with Gasteiger partial charge in [-0.15, -0.1) is 0 Å². The van der Waals surface area contributed by atoms with E-state index in [9.17, 15) is 9.67 Å². The summed E-state index contributed by atoms with van der Waals surface area (Å²) in [5.41, 5.74) is 1.00. The number of aliphatic hydroxyl groups excluding tert-OH is 1. The molecule has 0 bridgehead atoms. The summed E-state index contributed by atoms with van der Waals surface area (Å²) in [6, 6.07) is 18.8. The van der Waals surface area contributed by atoms with Gasteiger partial charge in [0.05, 0.1) is 31.4 Å². The molecule has 1 aliphatic carbocycles. The van der Waals surface area contributed by atoms with E-state index >= 15 is 0 Å². The van der Waals surface area contributed by atoms with Crippen LogP contribution in [0.5, 0.6) is 0 Å². The lowest BCUT2D eigenvalue weighted by molar-refractivity contribution is -0.198. The van der Waals surface area contributed by atoms with Gasteiger partial charge < -0.3 is 37.9 Å². The molecule has 13 nitrogen and oxygen atoms in total. The van der Waals surface area contributed by atoms with E-state index in [4.69, 9.17) is 38.6 Å². The third-order valence-electron chi connectivity index (χ3n) is 9.42. The average Bonchev–Trinajstić information content (AvgIpc) is 3.87. The number of hydrogen-bond acceptors (Lipinski definition) is 13. The molecule has 2 aromatic heterocycles. The number of hydrogen-bond donors (Lipinski definition) is 2. The zero-order valence-corrected chi connectivity index (χ0v) is 30.6. The fourth-order valence-corrected chi connectivity index (χ4v) is 13.9. The SMILES string of the molecule is CC1(C)O[C@@H]2[C@@H](CO)C[C@@H](n3cnc4c(ncn4[C@@H]4O[C@H](COP(=O)(Sc5ccccc5)Sc5ccccc5)[C@H]5OC(C)(C)O[C@H]54)c3=N)[C@@H]2O1. The highest BCUT2D eigenvalue weighted by atomic mass is 33.1. The van der Waals surface area contributed by atoms with Gasteiger partial charge in [-0.1, -0.05) is 36.4 Å². The summed E-state index contributed by atoms with van der Waals surface area (Å²) in [6.45, 7) is 7.37. The number of nitrogens with one attached hydrogen (secondary N) is 1. The quantitative estimate of drug-likeness (QED) is 0.186. The molecule has 266 valence electrons. The second kappa shape index (κ2) is 13.1. The second-order valence-electron chi connectivity index (χ2n) is 13.8. The molecule has 4 fully saturated rings. The number of rotatable bonds is 10. The molecule has 0 unspecified atom stereocenters. The number of nitrogens with zero attached hydrogens (tertiary/aromatic N) is 4. The van der Waals surface area contributed by atoms with Gasteiger partial charge in [0.25, 0.3) is 0 Å². The van der Waals surface area contributed by atoms with Crippen molar-refractivity contribution in [2.75, 3.05) is 13.2 Å². The normalized spacial score (nSPS) is 31.3. The molecule has 3 saturated heterocycles. The number of aromatic nitrogens is 4. The van der Waals surface area contributed by atoms with Crippen molar-refractivity contribution >= 4 is 39.7 Å². The lowest BCUT2D eigenvalue weighted by Gasteiger charge is -2.26. The van der Waals surface area contributed by atoms with Crippen LogP contribution in [0.3, 0.4) is 0 Å². The summed E-state index contributed by atoms with van der Waals surface area (Å²) in [5, 5.41) is 19.2. The van der Waals surface area contributed by atoms with Crippen LogP contribution in [-0.2, 0) is 32.8 Å². The van der Waals surface area contributed by atoms with E-state index in [-0.39, 0.29) is 42.9 Å². The molecule has 0 amide bonds. The summed E-state index contributed by atoms with van der Waals surface area (Å²) in [4.78, 5) is 11.1. The maximum absolute atomic E-state index is 14.4. The number of imidazole rings is 1.